The summed E-state index contributed by atoms with van der Waals surface area (Å²) in [4.78, 5) is 8.96. The number of benzene rings is 1. The van der Waals surface area contributed by atoms with E-state index < -0.39 is 0 Å². The van der Waals surface area contributed by atoms with E-state index in [0.717, 1.165) is 38.3 Å². The van der Waals surface area contributed by atoms with Crippen LogP contribution in [0.25, 0.3) is 11.4 Å². The van der Waals surface area contributed by atoms with E-state index in [0.29, 0.717) is 23.3 Å². The molecule has 7 heteroatoms. The standard InChI is InChI=1S/C15H19ClN4O2/c16-13-4-2-1-3-12(13)15-17-14(22-18-15)11-20-7-5-19(6-8-20)9-10-21/h1-4,21H,5-11H2. The predicted octanol–water partition coefficient (Wildman–Crippen LogP) is 1.50. The van der Waals surface area contributed by atoms with Gasteiger partial charge < -0.3 is 9.63 Å². The Morgan fingerprint density at radius 1 is 1.14 bits per heavy atom. The second-order valence-corrected chi connectivity index (χ2v) is 5.74. The third-order valence-corrected chi connectivity index (χ3v) is 4.15. The maximum atomic E-state index is 8.95. The molecule has 1 N–H and O–H groups in total. The molecule has 22 heavy (non-hydrogen) atoms. The Balaban J connectivity index is 1.60. The van der Waals surface area contributed by atoms with E-state index in [1.54, 1.807) is 0 Å². The summed E-state index contributed by atoms with van der Waals surface area (Å²) in [5, 5.41) is 13.6. The van der Waals surface area contributed by atoms with Crippen LogP contribution in [0.4, 0.5) is 0 Å². The van der Waals surface area contributed by atoms with Gasteiger partial charge in [-0.15, -0.1) is 0 Å². The molecule has 2 aromatic rings. The summed E-state index contributed by atoms with van der Waals surface area (Å²) in [6.07, 6.45) is 0. The number of β-amino-alcohol motifs (C(OH)–C–C–N with tert-alkyl or cyclic N) is 1. The Morgan fingerprint density at radius 3 is 2.59 bits per heavy atom. The third-order valence-electron chi connectivity index (χ3n) is 3.82. The monoisotopic (exact) mass is 322 g/mol. The zero-order valence-corrected chi connectivity index (χ0v) is 13.0. The molecule has 0 amide bonds. The lowest BCUT2D eigenvalue weighted by molar-refractivity contribution is 0.101. The molecule has 1 aliphatic heterocycles. The normalized spacial score (nSPS) is 17.0. The van der Waals surface area contributed by atoms with Crippen molar-refractivity contribution < 1.29 is 9.63 Å². The molecular formula is C15H19ClN4O2. The number of halogens is 1. The molecule has 1 aliphatic rings. The highest BCUT2D eigenvalue weighted by Gasteiger charge is 2.19. The van der Waals surface area contributed by atoms with Crippen LogP contribution in [-0.4, -0.2) is 64.4 Å². The summed E-state index contributed by atoms with van der Waals surface area (Å²) in [7, 11) is 0. The molecule has 6 nitrogen and oxygen atoms in total. The fraction of sp³-hybridized carbons (Fsp3) is 0.467. The predicted molar refractivity (Wildman–Crippen MR) is 83.5 cm³/mol. The topological polar surface area (TPSA) is 65.6 Å². The van der Waals surface area contributed by atoms with Crippen LogP contribution in [0.5, 0.6) is 0 Å². The van der Waals surface area contributed by atoms with Crippen LogP contribution in [0.1, 0.15) is 5.89 Å². The second-order valence-electron chi connectivity index (χ2n) is 5.33. The number of aliphatic hydroxyl groups excluding tert-OH is 1. The Bertz CT molecular complexity index is 611. The highest BCUT2D eigenvalue weighted by molar-refractivity contribution is 6.33. The molecule has 3 rings (SSSR count). The number of piperazine rings is 1. The fourth-order valence-corrected chi connectivity index (χ4v) is 2.80. The lowest BCUT2D eigenvalue weighted by Crippen LogP contribution is -2.46. The quantitative estimate of drug-likeness (QED) is 0.900. The minimum atomic E-state index is 0.213. The number of hydrogen-bond acceptors (Lipinski definition) is 6. The van der Waals surface area contributed by atoms with Crippen molar-refractivity contribution in [3.63, 3.8) is 0 Å². The van der Waals surface area contributed by atoms with Gasteiger partial charge in [0.1, 0.15) is 0 Å². The average molecular weight is 323 g/mol. The first-order valence-corrected chi connectivity index (χ1v) is 7.77. The molecule has 0 unspecified atom stereocenters. The molecular weight excluding hydrogens is 304 g/mol. The number of hydrogen-bond donors (Lipinski definition) is 1. The molecule has 2 heterocycles. The first-order chi connectivity index (χ1) is 10.8. The van der Waals surface area contributed by atoms with Crippen molar-refractivity contribution in [2.75, 3.05) is 39.3 Å². The molecule has 1 aromatic heterocycles. The second kappa shape index (κ2) is 7.19. The van der Waals surface area contributed by atoms with Gasteiger partial charge in [0.05, 0.1) is 18.2 Å². The maximum Gasteiger partial charge on any atom is 0.241 e. The number of aromatic nitrogens is 2. The Hall–Kier alpha value is -1.47. The average Bonchev–Trinajstić information content (AvgIpc) is 2.98. The van der Waals surface area contributed by atoms with Crippen LogP contribution in [-0.2, 0) is 6.54 Å². The van der Waals surface area contributed by atoms with E-state index >= 15 is 0 Å². The molecule has 0 bridgehead atoms. The Morgan fingerprint density at radius 2 is 1.86 bits per heavy atom. The largest absolute Gasteiger partial charge is 0.395 e. The van der Waals surface area contributed by atoms with Crippen LogP contribution in [0.15, 0.2) is 28.8 Å². The minimum Gasteiger partial charge on any atom is -0.395 e. The summed E-state index contributed by atoms with van der Waals surface area (Å²) in [6.45, 7) is 5.37. The van der Waals surface area contributed by atoms with Crippen molar-refractivity contribution in [1.29, 1.82) is 0 Å². The molecule has 0 aliphatic carbocycles. The highest BCUT2D eigenvalue weighted by Crippen LogP contribution is 2.25. The summed E-state index contributed by atoms with van der Waals surface area (Å²) < 4.78 is 5.34. The third kappa shape index (κ3) is 3.64. The molecule has 1 fully saturated rings. The van der Waals surface area contributed by atoms with Crippen LogP contribution >= 0.6 is 11.6 Å². The van der Waals surface area contributed by atoms with Crippen molar-refractivity contribution in [3.8, 4) is 11.4 Å². The van der Waals surface area contributed by atoms with E-state index in [2.05, 4.69) is 19.9 Å². The smallest absolute Gasteiger partial charge is 0.241 e. The molecule has 0 atom stereocenters. The number of aliphatic hydroxyl groups is 1. The summed E-state index contributed by atoms with van der Waals surface area (Å²) >= 11 is 6.15. The van der Waals surface area contributed by atoms with Gasteiger partial charge in [-0.2, -0.15) is 4.98 Å². The molecule has 0 spiro atoms. The van der Waals surface area contributed by atoms with Gasteiger partial charge in [0.2, 0.25) is 11.7 Å². The van der Waals surface area contributed by atoms with E-state index in [1.165, 1.54) is 0 Å². The SMILES string of the molecule is OCCN1CCN(Cc2nc(-c3ccccc3Cl)no2)CC1. The zero-order valence-electron chi connectivity index (χ0n) is 12.3. The fourth-order valence-electron chi connectivity index (χ4n) is 2.57. The van der Waals surface area contributed by atoms with Gasteiger partial charge in [-0.3, -0.25) is 9.80 Å². The van der Waals surface area contributed by atoms with Gasteiger partial charge in [-0.1, -0.05) is 28.9 Å². The van der Waals surface area contributed by atoms with Crippen LogP contribution in [0.3, 0.4) is 0 Å². The van der Waals surface area contributed by atoms with E-state index in [1.807, 2.05) is 24.3 Å². The number of rotatable bonds is 5. The number of nitrogens with zero attached hydrogens (tertiary/aromatic N) is 4. The van der Waals surface area contributed by atoms with E-state index in [9.17, 15) is 0 Å². The molecule has 0 saturated carbocycles. The van der Waals surface area contributed by atoms with Crippen LogP contribution < -0.4 is 0 Å². The van der Waals surface area contributed by atoms with Gasteiger partial charge in [0, 0.05) is 38.3 Å². The summed E-state index contributed by atoms with van der Waals surface area (Å²) in [5.41, 5.74) is 0.784. The first kappa shape index (κ1) is 15.4. The molecule has 1 aromatic carbocycles. The molecule has 0 radical (unpaired) electrons. The lowest BCUT2D eigenvalue weighted by Gasteiger charge is -2.33. The van der Waals surface area contributed by atoms with Crippen molar-refractivity contribution >= 4 is 11.6 Å². The van der Waals surface area contributed by atoms with Gasteiger partial charge in [-0.05, 0) is 12.1 Å². The summed E-state index contributed by atoms with van der Waals surface area (Å²) in [5.74, 6) is 1.13. The van der Waals surface area contributed by atoms with Crippen molar-refractivity contribution in [3.05, 3.63) is 35.2 Å². The van der Waals surface area contributed by atoms with E-state index in [-0.39, 0.29) is 6.61 Å². The van der Waals surface area contributed by atoms with Crippen molar-refractivity contribution in [2.45, 2.75) is 6.54 Å². The van der Waals surface area contributed by atoms with Crippen LogP contribution in [0, 0.1) is 0 Å². The Labute approximate surface area is 134 Å². The van der Waals surface area contributed by atoms with Crippen LogP contribution in [0.2, 0.25) is 5.02 Å². The van der Waals surface area contributed by atoms with Gasteiger partial charge in [0.25, 0.3) is 0 Å². The van der Waals surface area contributed by atoms with Crippen molar-refractivity contribution in [2.24, 2.45) is 0 Å². The van der Waals surface area contributed by atoms with Crippen molar-refractivity contribution in [1.82, 2.24) is 19.9 Å². The Kier molecular flexibility index (Phi) is 5.04. The van der Waals surface area contributed by atoms with Gasteiger partial charge in [0.15, 0.2) is 0 Å². The zero-order chi connectivity index (χ0) is 15.4. The molecule has 1 saturated heterocycles. The van der Waals surface area contributed by atoms with Gasteiger partial charge in [-0.25, -0.2) is 0 Å². The highest BCUT2D eigenvalue weighted by atomic mass is 35.5. The lowest BCUT2D eigenvalue weighted by atomic mass is 10.2. The first-order valence-electron chi connectivity index (χ1n) is 7.39. The molecule has 118 valence electrons. The summed E-state index contributed by atoms with van der Waals surface area (Å²) in [6, 6.07) is 7.47. The van der Waals surface area contributed by atoms with E-state index in [4.69, 9.17) is 21.2 Å². The van der Waals surface area contributed by atoms with Gasteiger partial charge >= 0.3 is 0 Å². The minimum absolute atomic E-state index is 0.213. The maximum absolute atomic E-state index is 8.95.